The van der Waals surface area contributed by atoms with Gasteiger partial charge in [-0.15, -0.1) is 5.10 Å². The van der Waals surface area contributed by atoms with E-state index in [9.17, 15) is 4.39 Å². The van der Waals surface area contributed by atoms with E-state index in [-0.39, 0.29) is 5.82 Å². The lowest BCUT2D eigenvalue weighted by Gasteiger charge is -2.37. The van der Waals surface area contributed by atoms with Crippen molar-refractivity contribution < 1.29 is 4.39 Å². The normalized spacial score (nSPS) is 14.5. The zero-order valence-corrected chi connectivity index (χ0v) is 15.6. The monoisotopic (exact) mass is 390 g/mol. The first-order valence-corrected chi connectivity index (χ1v) is 9.38. The first-order chi connectivity index (χ1) is 14.2. The van der Waals surface area contributed by atoms with Crippen LogP contribution >= 0.6 is 0 Å². The Morgan fingerprint density at radius 3 is 2.34 bits per heavy atom. The number of para-hydroxylation sites is 2. The second kappa shape index (κ2) is 7.01. The fourth-order valence-corrected chi connectivity index (χ4v) is 3.69. The number of hydrogen-bond donors (Lipinski definition) is 1. The Balaban J connectivity index is 1.42. The zero-order valence-electron chi connectivity index (χ0n) is 15.6. The number of rotatable bonds is 3. The lowest BCUT2D eigenvalue weighted by Crippen LogP contribution is -2.47. The minimum absolute atomic E-state index is 0.206. The van der Waals surface area contributed by atoms with E-state index >= 15 is 0 Å². The Morgan fingerprint density at radius 2 is 1.52 bits per heavy atom. The van der Waals surface area contributed by atoms with E-state index in [0.717, 1.165) is 11.0 Å². The molecule has 1 fully saturated rings. The maximum Gasteiger partial charge on any atom is 0.184 e. The number of piperazine rings is 1. The van der Waals surface area contributed by atoms with Crippen LogP contribution in [0.25, 0.3) is 16.9 Å². The fourth-order valence-electron chi connectivity index (χ4n) is 3.69. The van der Waals surface area contributed by atoms with Gasteiger partial charge in [-0.3, -0.25) is 0 Å². The largest absolute Gasteiger partial charge is 0.393 e. The summed E-state index contributed by atoms with van der Waals surface area (Å²) in [5, 5.41) is 8.37. The topological polar surface area (TPSA) is 89.0 Å². The van der Waals surface area contributed by atoms with Crippen LogP contribution in [0.5, 0.6) is 0 Å². The van der Waals surface area contributed by atoms with Crippen LogP contribution < -0.4 is 15.5 Å². The van der Waals surface area contributed by atoms with E-state index in [2.05, 4.69) is 25.2 Å². The molecular weight excluding hydrogens is 371 g/mol. The van der Waals surface area contributed by atoms with Gasteiger partial charge in [0, 0.05) is 26.2 Å². The number of aromatic nitrogens is 5. The van der Waals surface area contributed by atoms with Crippen molar-refractivity contribution in [3.8, 4) is 5.82 Å². The Morgan fingerprint density at radius 1 is 0.828 bits per heavy atom. The minimum atomic E-state index is -0.206. The number of halogens is 1. The highest BCUT2D eigenvalue weighted by atomic mass is 19.1. The van der Waals surface area contributed by atoms with Crippen molar-refractivity contribution in [2.75, 3.05) is 41.7 Å². The van der Waals surface area contributed by atoms with Crippen LogP contribution in [0.2, 0.25) is 0 Å². The average molecular weight is 390 g/mol. The molecule has 8 nitrogen and oxygen atoms in total. The van der Waals surface area contributed by atoms with Gasteiger partial charge in [0.15, 0.2) is 11.6 Å². The molecule has 146 valence electrons. The predicted molar refractivity (Wildman–Crippen MR) is 110 cm³/mol. The van der Waals surface area contributed by atoms with Crippen molar-refractivity contribution >= 4 is 28.2 Å². The molecule has 0 saturated carbocycles. The lowest BCUT2D eigenvalue weighted by molar-refractivity contribution is 0.596. The maximum absolute atomic E-state index is 14.1. The first kappa shape index (κ1) is 17.4. The molecule has 2 aromatic heterocycles. The van der Waals surface area contributed by atoms with Crippen molar-refractivity contribution in [1.29, 1.82) is 0 Å². The number of benzene rings is 2. The summed E-state index contributed by atoms with van der Waals surface area (Å²) in [6, 6.07) is 14.5. The van der Waals surface area contributed by atoms with E-state index in [1.165, 1.54) is 12.4 Å². The summed E-state index contributed by atoms with van der Waals surface area (Å²) in [6.45, 7) is 2.69. The summed E-state index contributed by atoms with van der Waals surface area (Å²) < 4.78 is 15.7. The van der Waals surface area contributed by atoms with Gasteiger partial charge < -0.3 is 15.5 Å². The van der Waals surface area contributed by atoms with Gasteiger partial charge in [0.05, 0.1) is 11.2 Å². The van der Waals surface area contributed by atoms with Gasteiger partial charge in [0.1, 0.15) is 23.3 Å². The van der Waals surface area contributed by atoms with Gasteiger partial charge in [0.25, 0.3) is 0 Å². The number of hydrogen-bond acceptors (Lipinski definition) is 7. The van der Waals surface area contributed by atoms with Gasteiger partial charge in [-0.05, 0) is 24.3 Å². The Bertz CT molecular complexity index is 1170. The molecule has 1 aliphatic rings. The highest BCUT2D eigenvalue weighted by molar-refractivity contribution is 5.79. The van der Waals surface area contributed by atoms with Crippen LogP contribution in [-0.4, -0.2) is 51.1 Å². The molecule has 0 bridgehead atoms. The minimum Gasteiger partial charge on any atom is -0.393 e. The number of nitrogen functional groups attached to an aromatic ring is 1. The number of fused-ring (bicyclic) bond motifs is 1. The van der Waals surface area contributed by atoms with Crippen LogP contribution in [0.3, 0.4) is 0 Å². The van der Waals surface area contributed by atoms with E-state index in [0.29, 0.717) is 49.2 Å². The van der Waals surface area contributed by atoms with Gasteiger partial charge in [-0.1, -0.05) is 29.5 Å². The molecule has 0 aliphatic carbocycles. The van der Waals surface area contributed by atoms with Gasteiger partial charge in [-0.2, -0.15) is 4.68 Å². The van der Waals surface area contributed by atoms with Crippen molar-refractivity contribution in [2.24, 2.45) is 0 Å². The third kappa shape index (κ3) is 3.00. The second-order valence-corrected chi connectivity index (χ2v) is 6.85. The molecule has 0 unspecified atom stereocenters. The van der Waals surface area contributed by atoms with E-state index in [1.54, 1.807) is 16.8 Å². The standard InChI is InChI=1S/C20H19FN8/c21-14-5-1-3-7-16(14)27-9-11-28(12-10-27)19-18(22)20(24-13-23-19)29-17-8-4-2-6-15(17)25-26-29/h1-8,13H,9-12,22H2. The summed E-state index contributed by atoms with van der Waals surface area (Å²) in [7, 11) is 0. The Labute approximate surface area is 166 Å². The van der Waals surface area contributed by atoms with Gasteiger partial charge in [0.2, 0.25) is 0 Å². The van der Waals surface area contributed by atoms with Gasteiger partial charge in [-0.25, -0.2) is 14.4 Å². The van der Waals surface area contributed by atoms with Gasteiger partial charge >= 0.3 is 0 Å². The molecule has 2 aromatic carbocycles. The molecule has 3 heterocycles. The molecule has 4 aromatic rings. The molecule has 5 rings (SSSR count). The second-order valence-electron chi connectivity index (χ2n) is 6.85. The zero-order chi connectivity index (χ0) is 19.8. The molecule has 9 heteroatoms. The molecule has 0 spiro atoms. The van der Waals surface area contributed by atoms with Crippen LogP contribution in [0.15, 0.2) is 54.9 Å². The molecule has 0 radical (unpaired) electrons. The van der Waals surface area contributed by atoms with Crippen LogP contribution in [-0.2, 0) is 0 Å². The van der Waals surface area contributed by atoms with Crippen molar-refractivity contribution in [3.05, 3.63) is 60.7 Å². The third-order valence-electron chi connectivity index (χ3n) is 5.17. The first-order valence-electron chi connectivity index (χ1n) is 9.38. The highest BCUT2D eigenvalue weighted by Crippen LogP contribution is 2.28. The SMILES string of the molecule is Nc1c(N2CCN(c3ccccc3F)CC2)ncnc1-n1nnc2ccccc21. The quantitative estimate of drug-likeness (QED) is 0.574. The van der Waals surface area contributed by atoms with E-state index in [1.807, 2.05) is 35.2 Å². The van der Waals surface area contributed by atoms with Crippen LogP contribution in [0.4, 0.5) is 21.6 Å². The summed E-state index contributed by atoms with van der Waals surface area (Å²) in [5.41, 5.74) is 9.10. The molecule has 29 heavy (non-hydrogen) atoms. The molecule has 1 aliphatic heterocycles. The molecule has 0 atom stereocenters. The highest BCUT2D eigenvalue weighted by Gasteiger charge is 2.23. The maximum atomic E-state index is 14.1. The molecule has 0 amide bonds. The smallest absolute Gasteiger partial charge is 0.184 e. The van der Waals surface area contributed by atoms with Crippen molar-refractivity contribution in [2.45, 2.75) is 0 Å². The van der Waals surface area contributed by atoms with Crippen molar-refractivity contribution in [3.63, 3.8) is 0 Å². The number of anilines is 3. The molecule has 1 saturated heterocycles. The average Bonchev–Trinajstić information content (AvgIpc) is 3.19. The summed E-state index contributed by atoms with van der Waals surface area (Å²) >= 11 is 0. The number of nitrogens with two attached hydrogens (primary N) is 1. The van der Waals surface area contributed by atoms with Crippen LogP contribution in [0, 0.1) is 5.82 Å². The predicted octanol–water partition coefficient (Wildman–Crippen LogP) is 2.26. The Hall–Kier alpha value is -3.75. The van der Waals surface area contributed by atoms with Crippen molar-refractivity contribution in [1.82, 2.24) is 25.0 Å². The third-order valence-corrected chi connectivity index (χ3v) is 5.17. The van der Waals surface area contributed by atoms with Crippen LogP contribution in [0.1, 0.15) is 0 Å². The Kier molecular flexibility index (Phi) is 4.19. The molecular formula is C20H19FN8. The molecule has 2 N–H and O–H groups in total. The summed E-state index contributed by atoms with van der Waals surface area (Å²) in [5.74, 6) is 0.950. The lowest BCUT2D eigenvalue weighted by atomic mass is 10.2. The number of nitrogens with zero attached hydrogens (tertiary/aromatic N) is 7. The fraction of sp³-hybridized carbons (Fsp3) is 0.200. The summed E-state index contributed by atoms with van der Waals surface area (Å²) in [6.07, 6.45) is 1.49. The summed E-state index contributed by atoms with van der Waals surface area (Å²) in [4.78, 5) is 12.9. The van der Waals surface area contributed by atoms with E-state index in [4.69, 9.17) is 5.73 Å². The van der Waals surface area contributed by atoms with E-state index < -0.39 is 0 Å².